The molecule has 0 saturated heterocycles. The van der Waals surface area contributed by atoms with E-state index < -0.39 is 0 Å². The van der Waals surface area contributed by atoms with Crippen LogP contribution in [0.15, 0.2) is 0 Å². The molecule has 0 aromatic rings. The van der Waals surface area contributed by atoms with Crippen LogP contribution >= 0.6 is 0 Å². The van der Waals surface area contributed by atoms with E-state index in [1.807, 2.05) is 0 Å². The average molecular weight is 151 g/mol. The molecular formula is C10H17N. The molecule has 1 saturated carbocycles. The zero-order chi connectivity index (χ0) is 7.94. The number of hydrogen-bond acceptors (Lipinski definition) is 0. The fraction of sp³-hybridized carbons (Fsp3) is 0.900. The highest BCUT2D eigenvalue weighted by atomic mass is 14.6. The molecule has 0 atom stereocenters. The van der Waals surface area contributed by atoms with Gasteiger partial charge >= 0.3 is 0 Å². The van der Waals surface area contributed by atoms with Gasteiger partial charge < -0.3 is 4.85 Å². The Bertz CT molecular complexity index is 126. The molecule has 0 radical (unpaired) electrons. The standard InChI is InChI=1S/C10H17N/c1-11-9-8-10-6-4-2-3-5-7-10/h10H,2-9H2. The van der Waals surface area contributed by atoms with Crippen molar-refractivity contribution in [1.82, 2.24) is 0 Å². The summed E-state index contributed by atoms with van der Waals surface area (Å²) < 4.78 is 0. The molecule has 0 aromatic carbocycles. The molecule has 11 heavy (non-hydrogen) atoms. The molecule has 1 nitrogen and oxygen atoms in total. The predicted octanol–water partition coefficient (Wildman–Crippen LogP) is 3.27. The summed E-state index contributed by atoms with van der Waals surface area (Å²) in [5, 5.41) is 0. The summed E-state index contributed by atoms with van der Waals surface area (Å²) in [6, 6.07) is 0. The third-order valence-corrected chi connectivity index (χ3v) is 2.62. The monoisotopic (exact) mass is 151 g/mol. The quantitative estimate of drug-likeness (QED) is 0.421. The van der Waals surface area contributed by atoms with Crippen molar-refractivity contribution in [3.63, 3.8) is 0 Å². The normalized spacial score (nSPS) is 20.6. The Labute approximate surface area is 69.6 Å². The number of rotatable bonds is 2. The highest BCUT2D eigenvalue weighted by Gasteiger charge is 2.12. The van der Waals surface area contributed by atoms with Crippen molar-refractivity contribution in [3.8, 4) is 0 Å². The average Bonchev–Trinajstić information content (AvgIpc) is 2.28. The summed E-state index contributed by atoms with van der Waals surface area (Å²) in [7, 11) is 0. The predicted molar refractivity (Wildman–Crippen MR) is 47.3 cm³/mol. The van der Waals surface area contributed by atoms with E-state index in [1.165, 1.54) is 38.5 Å². The van der Waals surface area contributed by atoms with Crippen LogP contribution in [0, 0.1) is 12.5 Å². The van der Waals surface area contributed by atoms with Gasteiger partial charge in [-0.25, -0.2) is 6.57 Å². The molecule has 1 aliphatic carbocycles. The molecule has 0 N–H and O–H groups in total. The fourth-order valence-electron chi connectivity index (χ4n) is 1.90. The van der Waals surface area contributed by atoms with Crippen molar-refractivity contribution in [2.24, 2.45) is 5.92 Å². The van der Waals surface area contributed by atoms with Crippen LogP contribution in [0.3, 0.4) is 0 Å². The third kappa shape index (κ3) is 3.41. The van der Waals surface area contributed by atoms with Crippen molar-refractivity contribution in [1.29, 1.82) is 0 Å². The molecule has 0 bridgehead atoms. The fourth-order valence-corrected chi connectivity index (χ4v) is 1.90. The smallest absolute Gasteiger partial charge is 0.214 e. The molecule has 1 fully saturated rings. The van der Waals surface area contributed by atoms with Gasteiger partial charge in [-0.3, -0.25) is 0 Å². The molecule has 1 aliphatic rings. The van der Waals surface area contributed by atoms with E-state index in [1.54, 1.807) is 0 Å². The van der Waals surface area contributed by atoms with Crippen LogP contribution in [-0.2, 0) is 0 Å². The van der Waals surface area contributed by atoms with Gasteiger partial charge in [0.15, 0.2) is 0 Å². The van der Waals surface area contributed by atoms with Crippen molar-refractivity contribution in [2.45, 2.75) is 44.9 Å². The van der Waals surface area contributed by atoms with E-state index in [-0.39, 0.29) is 0 Å². The lowest BCUT2D eigenvalue weighted by Gasteiger charge is -2.08. The van der Waals surface area contributed by atoms with Crippen molar-refractivity contribution >= 4 is 0 Å². The molecule has 1 rings (SSSR count). The van der Waals surface area contributed by atoms with Crippen LogP contribution in [0.25, 0.3) is 4.85 Å². The van der Waals surface area contributed by atoms with Crippen LogP contribution in [0.5, 0.6) is 0 Å². The second-order valence-electron chi connectivity index (χ2n) is 3.53. The van der Waals surface area contributed by atoms with Crippen LogP contribution in [0.1, 0.15) is 44.9 Å². The molecule has 0 aliphatic heterocycles. The minimum Gasteiger partial charge on any atom is -0.317 e. The Balaban J connectivity index is 2.15. The van der Waals surface area contributed by atoms with Gasteiger partial charge in [0, 0.05) is 6.42 Å². The Morgan fingerprint density at radius 1 is 1.09 bits per heavy atom. The molecule has 1 heteroatoms. The van der Waals surface area contributed by atoms with E-state index in [0.29, 0.717) is 0 Å². The van der Waals surface area contributed by atoms with Crippen LogP contribution < -0.4 is 0 Å². The summed E-state index contributed by atoms with van der Waals surface area (Å²) in [6.07, 6.45) is 9.59. The first-order valence-corrected chi connectivity index (χ1v) is 4.76. The van der Waals surface area contributed by atoms with Crippen molar-refractivity contribution in [3.05, 3.63) is 11.4 Å². The minimum absolute atomic E-state index is 0.755. The Kier molecular flexibility index (Phi) is 4.04. The highest BCUT2D eigenvalue weighted by molar-refractivity contribution is 4.69. The van der Waals surface area contributed by atoms with Crippen LogP contribution in [-0.4, -0.2) is 6.54 Å². The van der Waals surface area contributed by atoms with Gasteiger partial charge in [0.05, 0.1) is 0 Å². The van der Waals surface area contributed by atoms with E-state index in [9.17, 15) is 0 Å². The zero-order valence-electron chi connectivity index (χ0n) is 7.18. The highest BCUT2D eigenvalue weighted by Crippen LogP contribution is 2.25. The van der Waals surface area contributed by atoms with Crippen LogP contribution in [0.4, 0.5) is 0 Å². The van der Waals surface area contributed by atoms with Gasteiger partial charge in [-0.05, 0) is 5.92 Å². The van der Waals surface area contributed by atoms with E-state index >= 15 is 0 Å². The van der Waals surface area contributed by atoms with E-state index in [0.717, 1.165) is 18.9 Å². The lowest BCUT2D eigenvalue weighted by Crippen LogP contribution is -1.99. The van der Waals surface area contributed by atoms with E-state index in [4.69, 9.17) is 6.57 Å². The first kappa shape index (κ1) is 8.59. The molecule has 0 spiro atoms. The van der Waals surface area contributed by atoms with Gasteiger partial charge in [-0.1, -0.05) is 38.5 Å². The molecule has 0 amide bonds. The van der Waals surface area contributed by atoms with E-state index in [2.05, 4.69) is 4.85 Å². The van der Waals surface area contributed by atoms with Crippen molar-refractivity contribution in [2.75, 3.05) is 6.54 Å². The van der Waals surface area contributed by atoms with Gasteiger partial charge in [-0.15, -0.1) is 0 Å². The molecule has 62 valence electrons. The van der Waals surface area contributed by atoms with Crippen molar-refractivity contribution < 1.29 is 0 Å². The minimum atomic E-state index is 0.755. The largest absolute Gasteiger partial charge is 0.317 e. The lowest BCUT2D eigenvalue weighted by atomic mass is 9.97. The summed E-state index contributed by atoms with van der Waals surface area (Å²) in [6.45, 7) is 7.46. The second-order valence-corrected chi connectivity index (χ2v) is 3.53. The summed E-state index contributed by atoms with van der Waals surface area (Å²) in [5.41, 5.74) is 0. The maximum absolute atomic E-state index is 6.70. The SMILES string of the molecule is [C-]#[N+]CCC1CCCCCC1. The maximum atomic E-state index is 6.70. The van der Waals surface area contributed by atoms with Gasteiger partial charge in [0.25, 0.3) is 0 Å². The molecule has 0 aromatic heterocycles. The van der Waals surface area contributed by atoms with Gasteiger partial charge in [-0.2, -0.15) is 0 Å². The first-order chi connectivity index (χ1) is 5.43. The summed E-state index contributed by atoms with van der Waals surface area (Å²) >= 11 is 0. The first-order valence-electron chi connectivity index (χ1n) is 4.76. The Hall–Kier alpha value is -0.510. The third-order valence-electron chi connectivity index (χ3n) is 2.62. The number of nitrogens with zero attached hydrogens (tertiary/aromatic N) is 1. The topological polar surface area (TPSA) is 4.36 Å². The lowest BCUT2D eigenvalue weighted by molar-refractivity contribution is 0.442. The Morgan fingerprint density at radius 2 is 1.73 bits per heavy atom. The molecule has 0 heterocycles. The number of hydrogen-bond donors (Lipinski definition) is 0. The van der Waals surface area contributed by atoms with Gasteiger partial charge in [0.2, 0.25) is 6.54 Å². The van der Waals surface area contributed by atoms with Crippen LogP contribution in [0.2, 0.25) is 0 Å². The Morgan fingerprint density at radius 3 is 2.27 bits per heavy atom. The second kappa shape index (κ2) is 5.18. The molecule has 0 unspecified atom stereocenters. The molecular weight excluding hydrogens is 134 g/mol. The summed E-state index contributed by atoms with van der Waals surface area (Å²) in [4.78, 5) is 3.41. The summed E-state index contributed by atoms with van der Waals surface area (Å²) in [5.74, 6) is 0.881. The zero-order valence-corrected chi connectivity index (χ0v) is 7.18. The maximum Gasteiger partial charge on any atom is 0.214 e. The van der Waals surface area contributed by atoms with Gasteiger partial charge in [0.1, 0.15) is 0 Å².